The summed E-state index contributed by atoms with van der Waals surface area (Å²) in [7, 11) is 1.64. The summed E-state index contributed by atoms with van der Waals surface area (Å²) >= 11 is 14.3. The molecule has 1 unspecified atom stereocenters. The monoisotopic (exact) mass is 679 g/mol. The summed E-state index contributed by atoms with van der Waals surface area (Å²) in [6, 6.07) is 8.05. The van der Waals surface area contributed by atoms with Crippen molar-refractivity contribution in [2.45, 2.75) is 22.6 Å². The molecule has 0 radical (unpaired) electrons. The number of carboxylic acids is 1. The summed E-state index contributed by atoms with van der Waals surface area (Å²) in [4.78, 5) is 55.2. The van der Waals surface area contributed by atoms with Crippen LogP contribution in [0.15, 0.2) is 58.9 Å². The van der Waals surface area contributed by atoms with E-state index in [4.69, 9.17) is 33.7 Å². The lowest BCUT2D eigenvalue weighted by molar-refractivity contribution is -0.167. The van der Waals surface area contributed by atoms with Gasteiger partial charge in [-0.1, -0.05) is 65.3 Å². The molecule has 0 bridgehead atoms. The lowest BCUT2D eigenvalue weighted by Gasteiger charge is -2.52. The van der Waals surface area contributed by atoms with E-state index in [2.05, 4.69) is 15.5 Å². The first-order valence-corrected chi connectivity index (χ1v) is 15.5. The molecule has 0 spiro atoms. The van der Waals surface area contributed by atoms with Crippen LogP contribution in [-0.4, -0.2) is 93.4 Å². The number of fused-ring (bicyclic) bond motifs is 1. The minimum absolute atomic E-state index is 0.120. The number of rotatable bonds is 10. The maximum atomic E-state index is 13.8. The van der Waals surface area contributed by atoms with Gasteiger partial charge in [-0.2, -0.15) is 0 Å². The molecule has 230 valence electrons. The number of nitrogens with two attached hydrogens (primary N) is 1. The number of phenolic OH excluding ortho intramolecular Hbond substituents is 1. The maximum Gasteiger partial charge on any atom is 0.352 e. The number of hydrogen-bond donors (Lipinski definition) is 3. The molecule has 3 heterocycles. The molecule has 2 aliphatic rings. The molecule has 14 nitrogen and oxygen atoms in total. The molecular weight excluding hydrogens is 657 g/mol. The van der Waals surface area contributed by atoms with Crippen LogP contribution in [-0.2, 0) is 26.2 Å². The highest BCUT2D eigenvalue weighted by molar-refractivity contribution is 8.01. The van der Waals surface area contributed by atoms with Gasteiger partial charge < -0.3 is 20.7 Å². The van der Waals surface area contributed by atoms with E-state index in [1.807, 2.05) is 0 Å². The molecule has 4 N–H and O–H groups in total. The minimum Gasteiger partial charge on any atom is -0.503 e. The fourth-order valence-corrected chi connectivity index (χ4v) is 7.46. The van der Waals surface area contributed by atoms with Gasteiger partial charge in [0.1, 0.15) is 23.2 Å². The van der Waals surface area contributed by atoms with Gasteiger partial charge in [0, 0.05) is 29.6 Å². The number of thioether (sulfide) groups is 2. The van der Waals surface area contributed by atoms with Crippen molar-refractivity contribution in [3.63, 3.8) is 0 Å². The molecule has 1 aromatic heterocycles. The van der Waals surface area contributed by atoms with Crippen LogP contribution in [0, 0.1) is 0 Å². The lowest BCUT2D eigenvalue weighted by atomic mass is 9.99. The van der Waals surface area contributed by atoms with E-state index < -0.39 is 53.5 Å². The van der Waals surface area contributed by atoms with Crippen LogP contribution in [0.25, 0.3) is 0 Å². The van der Waals surface area contributed by atoms with E-state index >= 15 is 0 Å². The molecule has 0 aliphatic carbocycles. The summed E-state index contributed by atoms with van der Waals surface area (Å²) in [6.07, 6.45) is 0. The number of ether oxygens (including phenoxy) is 1. The summed E-state index contributed by atoms with van der Waals surface area (Å²) < 4.78 is 6.89. The van der Waals surface area contributed by atoms with Gasteiger partial charge in [0.05, 0.1) is 5.02 Å². The number of benzene rings is 2. The number of β-lactam (4-membered cyclic amide) rings is 1. The van der Waals surface area contributed by atoms with E-state index in [0.29, 0.717) is 21.2 Å². The molecular formula is C26H23Cl2N7O7S2. The Morgan fingerprint density at radius 1 is 1.25 bits per heavy atom. The maximum absolute atomic E-state index is 13.8. The Balaban J connectivity index is 1.43. The van der Waals surface area contributed by atoms with Crippen molar-refractivity contribution in [3.8, 4) is 11.5 Å². The number of carbonyl (C=O) groups is 4. The molecule has 1 saturated heterocycles. The molecule has 0 saturated carbocycles. The highest BCUT2D eigenvalue weighted by Gasteiger charge is 2.58. The summed E-state index contributed by atoms with van der Waals surface area (Å²) in [5.74, 6) is -4.29. The number of amides is 3. The van der Waals surface area contributed by atoms with Crippen molar-refractivity contribution in [1.29, 1.82) is 0 Å². The molecule has 3 atom stereocenters. The number of imide groups is 1. The van der Waals surface area contributed by atoms with Gasteiger partial charge in [-0.05, 0) is 27.6 Å². The Hall–Kier alpha value is -3.83. The summed E-state index contributed by atoms with van der Waals surface area (Å²) in [6.45, 7) is -0.798. The molecule has 3 aromatic rings. The first-order chi connectivity index (χ1) is 21.0. The van der Waals surface area contributed by atoms with Crippen LogP contribution < -0.4 is 10.5 Å². The SMILES string of the molecule is Cn1nnnc1SCC1=C(C(=O)O)N2C(=O)C(N(C(=O)COc3cc(Cl)cc(Cl)c3O)C(=O)[C@H](N)c3ccccc3)[C@H]2SC1. The van der Waals surface area contributed by atoms with Crippen molar-refractivity contribution in [3.05, 3.63) is 69.3 Å². The van der Waals surface area contributed by atoms with Crippen LogP contribution in [0.5, 0.6) is 11.5 Å². The van der Waals surface area contributed by atoms with Gasteiger partial charge in [0.25, 0.3) is 17.7 Å². The van der Waals surface area contributed by atoms with Crippen molar-refractivity contribution in [1.82, 2.24) is 30.0 Å². The van der Waals surface area contributed by atoms with Crippen LogP contribution in [0.1, 0.15) is 11.6 Å². The lowest BCUT2D eigenvalue weighted by Crippen LogP contribution is -2.73. The zero-order valence-corrected chi connectivity index (χ0v) is 25.8. The third kappa shape index (κ3) is 6.08. The van der Waals surface area contributed by atoms with Crippen LogP contribution >= 0.6 is 46.7 Å². The molecule has 5 rings (SSSR count). The fraction of sp³-hybridized carbons (Fsp3) is 0.269. The Labute approximate surface area is 268 Å². The highest BCUT2D eigenvalue weighted by Crippen LogP contribution is 2.44. The molecule has 3 amide bonds. The zero-order chi connectivity index (χ0) is 31.7. The predicted octanol–water partition coefficient (Wildman–Crippen LogP) is 2.07. The number of aliphatic carboxylic acids is 1. The number of aromatic hydroxyl groups is 1. The third-order valence-corrected chi connectivity index (χ3v) is 9.66. The van der Waals surface area contributed by atoms with Gasteiger partial charge in [-0.25, -0.2) is 9.48 Å². The number of aryl methyl sites for hydroxylation is 1. The summed E-state index contributed by atoms with van der Waals surface area (Å²) in [5.41, 5.74) is 6.86. The molecule has 18 heteroatoms. The number of hydrogen-bond acceptors (Lipinski definition) is 12. The average molecular weight is 681 g/mol. The second kappa shape index (κ2) is 13.0. The number of tetrazole rings is 1. The van der Waals surface area contributed by atoms with Crippen molar-refractivity contribution in [2.24, 2.45) is 12.8 Å². The predicted molar refractivity (Wildman–Crippen MR) is 160 cm³/mol. The Bertz CT molecular complexity index is 1670. The van der Waals surface area contributed by atoms with Gasteiger partial charge in [-0.3, -0.25) is 24.2 Å². The number of nitrogens with zero attached hydrogens (tertiary/aromatic N) is 6. The number of aromatic nitrogens is 4. The van der Waals surface area contributed by atoms with Crippen molar-refractivity contribution < 1.29 is 34.1 Å². The van der Waals surface area contributed by atoms with E-state index in [0.717, 1.165) is 4.90 Å². The van der Waals surface area contributed by atoms with E-state index in [9.17, 15) is 29.4 Å². The van der Waals surface area contributed by atoms with E-state index in [1.165, 1.54) is 40.3 Å². The van der Waals surface area contributed by atoms with Crippen LogP contribution in [0.2, 0.25) is 10.0 Å². The van der Waals surface area contributed by atoms with Gasteiger partial charge >= 0.3 is 5.97 Å². The van der Waals surface area contributed by atoms with E-state index in [1.54, 1.807) is 37.4 Å². The highest BCUT2D eigenvalue weighted by atomic mass is 35.5. The first kappa shape index (κ1) is 31.6. The second-order valence-corrected chi connectivity index (χ2v) is 12.4. The number of halogens is 2. The van der Waals surface area contributed by atoms with Crippen molar-refractivity contribution in [2.75, 3.05) is 18.1 Å². The normalized spacial score (nSPS) is 18.4. The number of carbonyl (C=O) groups excluding carboxylic acids is 3. The first-order valence-electron chi connectivity index (χ1n) is 12.7. The Kier molecular flexibility index (Phi) is 9.36. The van der Waals surface area contributed by atoms with E-state index in [-0.39, 0.29) is 33.0 Å². The fourth-order valence-electron chi connectivity index (χ4n) is 4.60. The standard InChI is InChI=1S/C26H23Cl2N7O7S2/c1-33-26(30-31-32-33)44-11-13-10-43-24-20(23(39)35(24)19(13)25(40)41)34(22(38)18(29)12-5-3-2-4-6-12)17(36)9-42-16-8-14(27)7-15(28)21(16)37/h2-8,18,20,24,37H,9-11,29H2,1H3,(H,40,41)/t18-,20?,24-/m1/s1. The van der Waals surface area contributed by atoms with Crippen molar-refractivity contribution >= 4 is 70.4 Å². The molecule has 1 fully saturated rings. The Morgan fingerprint density at radius 2 is 1.98 bits per heavy atom. The van der Waals surface area contributed by atoms with Gasteiger partial charge in [-0.15, -0.1) is 16.9 Å². The van der Waals surface area contributed by atoms with Gasteiger partial charge in [0.2, 0.25) is 5.16 Å². The zero-order valence-electron chi connectivity index (χ0n) is 22.7. The number of carboxylic acid groups (broad SMARTS) is 1. The van der Waals surface area contributed by atoms with Crippen LogP contribution in [0.4, 0.5) is 0 Å². The third-order valence-electron chi connectivity index (χ3n) is 6.73. The topological polar surface area (TPSA) is 194 Å². The summed E-state index contributed by atoms with van der Waals surface area (Å²) in [5, 5.41) is 31.0. The largest absolute Gasteiger partial charge is 0.503 e. The Morgan fingerprint density at radius 3 is 2.64 bits per heavy atom. The van der Waals surface area contributed by atoms with Gasteiger partial charge in [0.15, 0.2) is 18.1 Å². The van der Waals surface area contributed by atoms with Crippen LogP contribution in [0.3, 0.4) is 0 Å². The molecule has 2 aliphatic heterocycles. The molecule has 44 heavy (non-hydrogen) atoms. The quantitative estimate of drug-likeness (QED) is 0.208. The smallest absolute Gasteiger partial charge is 0.352 e. The molecule has 2 aromatic carbocycles. The minimum atomic E-state index is -1.37. The second-order valence-electron chi connectivity index (χ2n) is 9.50. The average Bonchev–Trinajstić information content (AvgIpc) is 3.42. The number of phenols is 1.